The summed E-state index contributed by atoms with van der Waals surface area (Å²) in [6, 6.07) is 3.56. The molecule has 17 heavy (non-hydrogen) atoms. The van der Waals surface area contributed by atoms with Crippen LogP contribution in [0.2, 0.25) is 0 Å². The molecule has 7 heteroatoms. The lowest BCUT2D eigenvalue weighted by atomic mass is 10.0. The van der Waals surface area contributed by atoms with E-state index in [0.29, 0.717) is 5.56 Å². The number of carbonyl (C=O) groups excluding carboxylic acids is 1. The van der Waals surface area contributed by atoms with Crippen molar-refractivity contribution < 1.29 is 14.5 Å². The van der Waals surface area contributed by atoms with Crippen molar-refractivity contribution in [3.05, 3.63) is 33.9 Å². The maximum absolute atomic E-state index is 11.1. The van der Waals surface area contributed by atoms with E-state index in [2.05, 4.69) is 4.74 Å². The Balaban J connectivity index is 3.02. The van der Waals surface area contributed by atoms with E-state index in [1.807, 2.05) is 0 Å². The lowest BCUT2D eigenvalue weighted by Gasteiger charge is -2.10. The third-order valence-electron chi connectivity index (χ3n) is 2.28. The fourth-order valence-corrected chi connectivity index (χ4v) is 1.47. The molecule has 0 aliphatic carbocycles. The number of ether oxygens (including phenoxy) is 1. The number of hydrogen-bond acceptors (Lipinski definition) is 6. The van der Waals surface area contributed by atoms with Gasteiger partial charge in [0.2, 0.25) is 0 Å². The van der Waals surface area contributed by atoms with E-state index in [0.717, 1.165) is 0 Å². The summed E-state index contributed by atoms with van der Waals surface area (Å²) in [5, 5.41) is 10.8. The fourth-order valence-electron chi connectivity index (χ4n) is 1.47. The second kappa shape index (κ2) is 5.26. The Labute approximate surface area is 97.5 Å². The molecular formula is C10H13N3O4. The third-order valence-corrected chi connectivity index (χ3v) is 2.28. The van der Waals surface area contributed by atoms with E-state index in [9.17, 15) is 14.9 Å². The van der Waals surface area contributed by atoms with Crippen LogP contribution in [-0.4, -0.2) is 24.0 Å². The van der Waals surface area contributed by atoms with Gasteiger partial charge in [0.25, 0.3) is 5.69 Å². The van der Waals surface area contributed by atoms with Crippen LogP contribution in [0.4, 0.5) is 11.4 Å². The van der Waals surface area contributed by atoms with Crippen LogP contribution in [0, 0.1) is 10.1 Å². The molecular weight excluding hydrogens is 226 g/mol. The van der Waals surface area contributed by atoms with Gasteiger partial charge in [-0.15, -0.1) is 0 Å². The van der Waals surface area contributed by atoms with Gasteiger partial charge in [0, 0.05) is 12.0 Å². The molecule has 4 N–H and O–H groups in total. The monoisotopic (exact) mass is 239 g/mol. The molecule has 0 amide bonds. The highest BCUT2D eigenvalue weighted by Crippen LogP contribution is 2.26. The zero-order valence-corrected chi connectivity index (χ0v) is 9.25. The highest BCUT2D eigenvalue weighted by atomic mass is 16.6. The maximum atomic E-state index is 11.1. The molecule has 0 unspecified atom stereocenters. The van der Waals surface area contributed by atoms with Gasteiger partial charge >= 0.3 is 5.97 Å². The van der Waals surface area contributed by atoms with Crippen LogP contribution in [0.25, 0.3) is 0 Å². The van der Waals surface area contributed by atoms with Crippen LogP contribution < -0.4 is 11.5 Å². The van der Waals surface area contributed by atoms with Gasteiger partial charge in [-0.2, -0.15) is 0 Å². The smallest absolute Gasteiger partial charge is 0.322 e. The summed E-state index contributed by atoms with van der Waals surface area (Å²) in [5.74, 6) is -0.623. The minimum Gasteiger partial charge on any atom is -0.468 e. The second-order valence-electron chi connectivity index (χ2n) is 3.45. The van der Waals surface area contributed by atoms with Gasteiger partial charge in [0.05, 0.1) is 12.0 Å². The zero-order chi connectivity index (χ0) is 13.0. The Kier molecular flexibility index (Phi) is 4.00. The van der Waals surface area contributed by atoms with Crippen molar-refractivity contribution in [3.63, 3.8) is 0 Å². The third kappa shape index (κ3) is 2.91. The Morgan fingerprint density at radius 3 is 2.76 bits per heavy atom. The van der Waals surface area contributed by atoms with Gasteiger partial charge in [-0.05, 0) is 6.07 Å². The summed E-state index contributed by atoms with van der Waals surface area (Å²) < 4.78 is 4.45. The SMILES string of the molecule is COC(=O)[C@H](N)Cc1cccc(N)c1[N+](=O)[O-]. The van der Waals surface area contributed by atoms with Gasteiger partial charge in [-0.25, -0.2) is 0 Å². The molecule has 0 bridgehead atoms. The first-order valence-electron chi connectivity index (χ1n) is 4.82. The average Bonchev–Trinajstić information content (AvgIpc) is 2.27. The Morgan fingerprint density at radius 1 is 1.59 bits per heavy atom. The molecule has 1 rings (SSSR count). The number of nitrogen functional groups attached to an aromatic ring is 1. The van der Waals surface area contributed by atoms with E-state index in [4.69, 9.17) is 11.5 Å². The van der Waals surface area contributed by atoms with E-state index in [1.54, 1.807) is 6.07 Å². The van der Waals surface area contributed by atoms with Crippen molar-refractivity contribution in [2.45, 2.75) is 12.5 Å². The summed E-state index contributed by atoms with van der Waals surface area (Å²) in [6.45, 7) is 0. The van der Waals surface area contributed by atoms with Gasteiger partial charge in [0.1, 0.15) is 11.7 Å². The molecule has 0 saturated heterocycles. The Bertz CT molecular complexity index is 447. The molecule has 0 saturated carbocycles. The summed E-state index contributed by atoms with van der Waals surface area (Å²) in [7, 11) is 1.20. The van der Waals surface area contributed by atoms with Crippen molar-refractivity contribution >= 4 is 17.3 Å². The quantitative estimate of drug-likeness (QED) is 0.335. The molecule has 7 nitrogen and oxygen atoms in total. The van der Waals surface area contributed by atoms with Gasteiger partial charge in [-0.3, -0.25) is 14.9 Å². The van der Waals surface area contributed by atoms with Crippen molar-refractivity contribution in [1.82, 2.24) is 0 Å². The molecule has 1 atom stereocenters. The van der Waals surface area contributed by atoms with Crippen LogP contribution in [0.3, 0.4) is 0 Å². The van der Waals surface area contributed by atoms with Crippen LogP contribution in [0.5, 0.6) is 0 Å². The predicted octanol–water partition coefficient (Wildman–Crippen LogP) is 0.220. The predicted molar refractivity (Wildman–Crippen MR) is 61.2 cm³/mol. The second-order valence-corrected chi connectivity index (χ2v) is 3.45. The number of nitro benzene ring substituents is 1. The number of para-hydroxylation sites is 1. The molecule has 0 heterocycles. The van der Waals surface area contributed by atoms with Crippen molar-refractivity contribution in [2.75, 3.05) is 12.8 Å². The van der Waals surface area contributed by atoms with Crippen LogP contribution >= 0.6 is 0 Å². The standard InChI is InChI=1S/C10H13N3O4/c1-17-10(14)8(12)5-6-3-2-4-7(11)9(6)13(15)16/h2-4,8H,5,11-12H2,1H3/t8-/m1/s1. The highest BCUT2D eigenvalue weighted by Gasteiger charge is 2.22. The molecule has 0 aliphatic heterocycles. The van der Waals surface area contributed by atoms with E-state index in [1.165, 1.54) is 19.2 Å². The van der Waals surface area contributed by atoms with Crippen LogP contribution in [-0.2, 0) is 16.0 Å². The summed E-state index contributed by atoms with van der Waals surface area (Å²) >= 11 is 0. The number of nitro groups is 1. The number of anilines is 1. The van der Waals surface area contributed by atoms with Crippen molar-refractivity contribution in [3.8, 4) is 0 Å². The first-order valence-corrected chi connectivity index (χ1v) is 4.82. The molecule has 1 aromatic carbocycles. The number of nitrogens with zero attached hydrogens (tertiary/aromatic N) is 1. The Morgan fingerprint density at radius 2 is 2.24 bits per heavy atom. The molecule has 0 fully saturated rings. The minimum atomic E-state index is -0.944. The normalized spacial score (nSPS) is 11.9. The number of rotatable bonds is 4. The van der Waals surface area contributed by atoms with Crippen LogP contribution in [0.15, 0.2) is 18.2 Å². The van der Waals surface area contributed by atoms with Crippen molar-refractivity contribution in [2.24, 2.45) is 5.73 Å². The van der Waals surface area contributed by atoms with Crippen molar-refractivity contribution in [1.29, 1.82) is 0 Å². The first-order chi connectivity index (χ1) is 7.97. The molecule has 0 radical (unpaired) electrons. The molecule has 0 spiro atoms. The van der Waals surface area contributed by atoms with Crippen LogP contribution in [0.1, 0.15) is 5.56 Å². The van der Waals surface area contributed by atoms with E-state index >= 15 is 0 Å². The molecule has 92 valence electrons. The highest BCUT2D eigenvalue weighted by molar-refractivity contribution is 5.76. The number of carbonyl (C=O) groups is 1. The lowest BCUT2D eigenvalue weighted by molar-refractivity contribution is -0.384. The summed E-state index contributed by atoms with van der Waals surface area (Å²) in [4.78, 5) is 21.4. The van der Waals surface area contributed by atoms with E-state index in [-0.39, 0.29) is 17.8 Å². The Hall–Kier alpha value is -2.15. The number of hydrogen-bond donors (Lipinski definition) is 2. The maximum Gasteiger partial charge on any atom is 0.322 e. The van der Waals surface area contributed by atoms with Gasteiger partial charge in [0.15, 0.2) is 0 Å². The topological polar surface area (TPSA) is 121 Å². The molecule has 0 aliphatic rings. The summed E-state index contributed by atoms with van der Waals surface area (Å²) in [5.41, 5.74) is 11.2. The molecule has 1 aromatic rings. The lowest BCUT2D eigenvalue weighted by Crippen LogP contribution is -2.33. The summed E-state index contributed by atoms with van der Waals surface area (Å²) in [6.07, 6.45) is 0.00796. The number of benzene rings is 1. The fraction of sp³-hybridized carbons (Fsp3) is 0.300. The minimum absolute atomic E-state index is 0.00796. The number of esters is 1. The zero-order valence-electron chi connectivity index (χ0n) is 9.25. The van der Waals surface area contributed by atoms with E-state index < -0.39 is 16.9 Å². The number of methoxy groups -OCH3 is 1. The first kappa shape index (κ1) is 12.9. The number of nitrogens with two attached hydrogens (primary N) is 2. The largest absolute Gasteiger partial charge is 0.468 e. The van der Waals surface area contributed by atoms with Gasteiger partial charge in [-0.1, -0.05) is 12.1 Å². The van der Waals surface area contributed by atoms with Gasteiger partial charge < -0.3 is 16.2 Å². The average molecular weight is 239 g/mol. The molecule has 0 aromatic heterocycles.